The van der Waals surface area contributed by atoms with Crippen LogP contribution in [-0.4, -0.2) is 31.8 Å². The van der Waals surface area contributed by atoms with Crippen LogP contribution in [0, 0.1) is 0 Å². The molecule has 0 spiro atoms. The van der Waals surface area contributed by atoms with E-state index in [-0.39, 0.29) is 6.61 Å². The molecule has 0 aliphatic rings. The largest absolute Gasteiger partial charge is 0.437 e. The van der Waals surface area contributed by atoms with Crippen molar-refractivity contribution in [3.63, 3.8) is 0 Å². The lowest BCUT2D eigenvalue weighted by atomic mass is 10.2. The van der Waals surface area contributed by atoms with Gasteiger partial charge in [0.25, 0.3) is 0 Å². The molecule has 0 aromatic carbocycles. The summed E-state index contributed by atoms with van der Waals surface area (Å²) in [6.07, 6.45) is 0.612. The number of hydrogen-bond donors (Lipinski definition) is 1. The Balaban J connectivity index is 2.80. The number of carbonyl (C=O) groups excluding carboxylic acids is 1. The van der Waals surface area contributed by atoms with E-state index in [2.05, 4.69) is 26.2 Å². The summed E-state index contributed by atoms with van der Waals surface area (Å²) in [6.45, 7) is 0.261. The number of methoxy groups -OCH3 is 1. The van der Waals surface area contributed by atoms with Gasteiger partial charge in [0.05, 0.1) is 12.3 Å². The van der Waals surface area contributed by atoms with Crippen LogP contribution in [0.2, 0.25) is 0 Å². The average Bonchev–Trinajstić information content (AvgIpc) is 2.28. The summed E-state index contributed by atoms with van der Waals surface area (Å²) in [5, 5.41) is 2.38. The fourth-order valence-corrected chi connectivity index (χ4v) is 1.47. The van der Waals surface area contributed by atoms with E-state index in [4.69, 9.17) is 9.47 Å². The molecule has 1 atom stereocenters. The molecule has 0 fully saturated rings. The van der Waals surface area contributed by atoms with E-state index in [1.165, 1.54) is 14.2 Å². The van der Waals surface area contributed by atoms with Gasteiger partial charge in [0, 0.05) is 24.8 Å². The number of rotatable bonds is 4. The highest BCUT2D eigenvalue weighted by Gasteiger charge is 2.17. The summed E-state index contributed by atoms with van der Waals surface area (Å²) in [7, 11) is 3.04. The van der Waals surface area contributed by atoms with Crippen LogP contribution in [-0.2, 0) is 9.47 Å². The number of pyridine rings is 1. The predicted molar refractivity (Wildman–Crippen MR) is 62.1 cm³/mol. The van der Waals surface area contributed by atoms with Gasteiger partial charge < -0.3 is 14.8 Å². The van der Waals surface area contributed by atoms with E-state index in [1.54, 1.807) is 18.3 Å². The van der Waals surface area contributed by atoms with Gasteiger partial charge in [-0.25, -0.2) is 4.79 Å². The highest BCUT2D eigenvalue weighted by atomic mass is 79.9. The van der Waals surface area contributed by atoms with Gasteiger partial charge in [-0.2, -0.15) is 0 Å². The Morgan fingerprint density at radius 2 is 2.44 bits per heavy atom. The minimum Gasteiger partial charge on any atom is -0.437 e. The fraction of sp³-hybridized carbons (Fsp3) is 0.400. The van der Waals surface area contributed by atoms with Crippen molar-refractivity contribution in [1.29, 1.82) is 0 Å². The van der Waals surface area contributed by atoms with Gasteiger partial charge >= 0.3 is 6.09 Å². The molecular weight excluding hydrogens is 276 g/mol. The molecule has 1 amide bonds. The van der Waals surface area contributed by atoms with Gasteiger partial charge in [-0.05, 0) is 12.1 Å². The van der Waals surface area contributed by atoms with Gasteiger partial charge in [-0.1, -0.05) is 15.9 Å². The number of amides is 1. The number of ether oxygens (including phenoxy) is 2. The summed E-state index contributed by atoms with van der Waals surface area (Å²) in [5.74, 6) is 0. The van der Waals surface area contributed by atoms with E-state index in [9.17, 15) is 4.79 Å². The van der Waals surface area contributed by atoms with Gasteiger partial charge in [0.15, 0.2) is 6.10 Å². The molecule has 1 aromatic rings. The van der Waals surface area contributed by atoms with Gasteiger partial charge in [0.1, 0.15) is 0 Å². The Labute approximate surface area is 102 Å². The second-order valence-electron chi connectivity index (χ2n) is 3.00. The van der Waals surface area contributed by atoms with Gasteiger partial charge in [0.2, 0.25) is 0 Å². The van der Waals surface area contributed by atoms with Crippen LogP contribution in [0.3, 0.4) is 0 Å². The predicted octanol–water partition coefficient (Wildman–Crippen LogP) is 1.89. The molecule has 6 heteroatoms. The lowest BCUT2D eigenvalue weighted by Gasteiger charge is -2.16. The van der Waals surface area contributed by atoms with Crippen molar-refractivity contribution in [2.45, 2.75) is 6.10 Å². The quantitative estimate of drug-likeness (QED) is 0.919. The molecule has 1 N–H and O–H groups in total. The molecular formula is C10H13BrN2O3. The molecule has 0 aliphatic carbocycles. The monoisotopic (exact) mass is 288 g/mol. The SMILES string of the molecule is CNC(=O)OC(COC)c1cc(Br)ccn1. The summed E-state index contributed by atoms with van der Waals surface area (Å²) >= 11 is 3.33. The minimum absolute atomic E-state index is 0.261. The van der Waals surface area contributed by atoms with Crippen molar-refractivity contribution >= 4 is 22.0 Å². The summed E-state index contributed by atoms with van der Waals surface area (Å²) in [5.41, 5.74) is 0.639. The molecule has 1 rings (SSSR count). The molecule has 1 aromatic heterocycles. The summed E-state index contributed by atoms with van der Waals surface area (Å²) < 4.78 is 11.0. The van der Waals surface area contributed by atoms with Crippen molar-refractivity contribution < 1.29 is 14.3 Å². The van der Waals surface area contributed by atoms with Crippen LogP contribution >= 0.6 is 15.9 Å². The number of hydrogen-bond acceptors (Lipinski definition) is 4. The maximum atomic E-state index is 11.1. The number of aromatic nitrogens is 1. The molecule has 88 valence electrons. The topological polar surface area (TPSA) is 60.5 Å². The van der Waals surface area contributed by atoms with Crippen LogP contribution in [0.1, 0.15) is 11.8 Å². The lowest BCUT2D eigenvalue weighted by molar-refractivity contribution is 0.0372. The number of nitrogens with zero attached hydrogens (tertiary/aromatic N) is 1. The first-order valence-corrected chi connectivity index (χ1v) is 5.45. The molecule has 0 saturated carbocycles. The zero-order valence-corrected chi connectivity index (χ0v) is 10.7. The number of nitrogens with one attached hydrogen (secondary N) is 1. The van der Waals surface area contributed by atoms with Gasteiger partial charge in [-0.3, -0.25) is 4.98 Å². The zero-order valence-electron chi connectivity index (χ0n) is 9.07. The minimum atomic E-state index is -0.512. The smallest absolute Gasteiger partial charge is 0.407 e. The molecule has 0 radical (unpaired) electrons. The molecule has 1 heterocycles. The van der Waals surface area contributed by atoms with Crippen LogP contribution in [0.4, 0.5) is 4.79 Å². The van der Waals surface area contributed by atoms with Crippen LogP contribution in [0.15, 0.2) is 22.8 Å². The maximum Gasteiger partial charge on any atom is 0.407 e. The van der Waals surface area contributed by atoms with Crippen molar-refractivity contribution in [1.82, 2.24) is 10.3 Å². The second-order valence-corrected chi connectivity index (χ2v) is 3.91. The van der Waals surface area contributed by atoms with Crippen LogP contribution in [0.5, 0.6) is 0 Å². The highest BCUT2D eigenvalue weighted by Crippen LogP contribution is 2.19. The first-order valence-electron chi connectivity index (χ1n) is 4.66. The maximum absolute atomic E-state index is 11.1. The van der Waals surface area contributed by atoms with E-state index in [1.807, 2.05) is 0 Å². The first-order chi connectivity index (χ1) is 7.67. The van der Waals surface area contributed by atoms with Crippen LogP contribution < -0.4 is 5.32 Å². The Hall–Kier alpha value is -1.14. The zero-order chi connectivity index (χ0) is 12.0. The van der Waals surface area contributed by atoms with E-state index < -0.39 is 12.2 Å². The van der Waals surface area contributed by atoms with Crippen molar-refractivity contribution in [2.75, 3.05) is 20.8 Å². The highest BCUT2D eigenvalue weighted by molar-refractivity contribution is 9.10. The fourth-order valence-electron chi connectivity index (χ4n) is 1.12. The average molecular weight is 289 g/mol. The third-order valence-electron chi connectivity index (χ3n) is 1.84. The Morgan fingerprint density at radius 1 is 1.69 bits per heavy atom. The Kier molecular flexibility index (Phi) is 5.21. The van der Waals surface area contributed by atoms with E-state index in [0.717, 1.165) is 4.47 Å². The normalized spacial score (nSPS) is 11.9. The molecule has 0 saturated heterocycles. The lowest BCUT2D eigenvalue weighted by Crippen LogP contribution is -2.24. The summed E-state index contributed by atoms with van der Waals surface area (Å²) in [6, 6.07) is 3.58. The van der Waals surface area contributed by atoms with E-state index in [0.29, 0.717) is 5.69 Å². The number of carbonyl (C=O) groups is 1. The van der Waals surface area contributed by atoms with Gasteiger partial charge in [-0.15, -0.1) is 0 Å². The third kappa shape index (κ3) is 3.79. The Bertz CT molecular complexity index is 360. The van der Waals surface area contributed by atoms with Crippen molar-refractivity contribution in [3.8, 4) is 0 Å². The number of alkyl carbamates (subject to hydrolysis) is 1. The summed E-state index contributed by atoms with van der Waals surface area (Å²) in [4.78, 5) is 15.3. The molecule has 0 aliphatic heterocycles. The number of halogens is 1. The van der Waals surface area contributed by atoms with Crippen molar-refractivity contribution in [3.05, 3.63) is 28.5 Å². The molecule has 16 heavy (non-hydrogen) atoms. The second kappa shape index (κ2) is 6.44. The third-order valence-corrected chi connectivity index (χ3v) is 2.34. The molecule has 5 nitrogen and oxygen atoms in total. The molecule has 0 bridgehead atoms. The Morgan fingerprint density at radius 3 is 3.00 bits per heavy atom. The standard InChI is InChI=1S/C10H13BrN2O3/c1-12-10(14)16-9(6-15-2)8-5-7(11)3-4-13-8/h3-5,9H,6H2,1-2H3,(H,12,14). The molecule has 1 unspecified atom stereocenters. The van der Waals surface area contributed by atoms with Crippen LogP contribution in [0.25, 0.3) is 0 Å². The van der Waals surface area contributed by atoms with E-state index >= 15 is 0 Å². The first kappa shape index (κ1) is 12.9. The van der Waals surface area contributed by atoms with Crippen molar-refractivity contribution in [2.24, 2.45) is 0 Å².